The largest absolute Gasteiger partial charge is 0.383 e. The number of nitrogens with one attached hydrogen (secondary N) is 1. The fraction of sp³-hybridized carbons (Fsp3) is 0.429. The van der Waals surface area contributed by atoms with Gasteiger partial charge in [-0.05, 0) is 36.8 Å². The summed E-state index contributed by atoms with van der Waals surface area (Å²) in [6.07, 6.45) is 0. The van der Waals surface area contributed by atoms with E-state index in [1.54, 1.807) is 13.2 Å². The molecule has 1 rings (SSSR count). The SMILES string of the molecule is COCC(C)NC(=S)N(C)Cc1cccc(C#N)c1. The van der Waals surface area contributed by atoms with Gasteiger partial charge in [0.25, 0.3) is 0 Å². The molecule has 0 aliphatic heterocycles. The van der Waals surface area contributed by atoms with Crippen LogP contribution in [0.5, 0.6) is 0 Å². The molecule has 19 heavy (non-hydrogen) atoms. The van der Waals surface area contributed by atoms with Crippen molar-refractivity contribution in [2.24, 2.45) is 0 Å². The fourth-order valence-electron chi connectivity index (χ4n) is 1.70. The van der Waals surface area contributed by atoms with Crippen LogP contribution >= 0.6 is 12.2 Å². The zero-order valence-electron chi connectivity index (χ0n) is 11.5. The highest BCUT2D eigenvalue weighted by Gasteiger charge is 2.08. The molecular formula is C14H19N3OS. The first kappa shape index (κ1) is 15.4. The van der Waals surface area contributed by atoms with Crippen molar-refractivity contribution in [1.29, 1.82) is 5.26 Å². The van der Waals surface area contributed by atoms with E-state index in [-0.39, 0.29) is 6.04 Å². The Morgan fingerprint density at radius 1 is 1.58 bits per heavy atom. The zero-order chi connectivity index (χ0) is 14.3. The average Bonchev–Trinajstić information content (AvgIpc) is 2.39. The van der Waals surface area contributed by atoms with E-state index in [1.807, 2.05) is 37.1 Å². The van der Waals surface area contributed by atoms with Crippen molar-refractivity contribution < 1.29 is 4.74 Å². The van der Waals surface area contributed by atoms with Crippen molar-refractivity contribution in [2.45, 2.75) is 19.5 Å². The van der Waals surface area contributed by atoms with Gasteiger partial charge in [0.1, 0.15) is 0 Å². The van der Waals surface area contributed by atoms with Gasteiger partial charge in [-0.25, -0.2) is 0 Å². The van der Waals surface area contributed by atoms with Gasteiger partial charge in [-0.3, -0.25) is 0 Å². The van der Waals surface area contributed by atoms with Gasteiger partial charge < -0.3 is 15.0 Å². The molecule has 0 bridgehead atoms. The second-order valence-corrected chi connectivity index (χ2v) is 4.86. The summed E-state index contributed by atoms with van der Waals surface area (Å²) >= 11 is 5.32. The first-order valence-electron chi connectivity index (χ1n) is 6.06. The molecule has 0 saturated carbocycles. The second kappa shape index (κ2) is 7.72. The van der Waals surface area contributed by atoms with Crippen LogP contribution in [0.2, 0.25) is 0 Å². The van der Waals surface area contributed by atoms with Gasteiger partial charge in [-0.1, -0.05) is 12.1 Å². The van der Waals surface area contributed by atoms with Gasteiger partial charge >= 0.3 is 0 Å². The summed E-state index contributed by atoms with van der Waals surface area (Å²) in [6.45, 7) is 3.29. The third-order valence-electron chi connectivity index (χ3n) is 2.61. The number of benzene rings is 1. The van der Waals surface area contributed by atoms with E-state index in [1.165, 1.54) is 0 Å². The maximum atomic E-state index is 8.87. The van der Waals surface area contributed by atoms with Crippen molar-refractivity contribution >= 4 is 17.3 Å². The molecule has 0 fully saturated rings. The van der Waals surface area contributed by atoms with Crippen molar-refractivity contribution in [1.82, 2.24) is 10.2 Å². The number of thiocarbonyl (C=S) groups is 1. The van der Waals surface area contributed by atoms with Gasteiger partial charge in [0.2, 0.25) is 0 Å². The molecule has 0 saturated heterocycles. The normalized spacial score (nSPS) is 11.5. The third kappa shape index (κ3) is 5.25. The minimum absolute atomic E-state index is 0.172. The van der Waals surface area contributed by atoms with Crippen molar-refractivity contribution in [3.63, 3.8) is 0 Å². The van der Waals surface area contributed by atoms with Crippen LogP contribution in [-0.2, 0) is 11.3 Å². The summed E-state index contributed by atoms with van der Waals surface area (Å²) in [5.74, 6) is 0. The van der Waals surface area contributed by atoms with E-state index >= 15 is 0 Å². The molecule has 1 N–H and O–H groups in total. The molecule has 1 aromatic carbocycles. The molecule has 0 heterocycles. The summed E-state index contributed by atoms with van der Waals surface area (Å²) in [7, 11) is 3.59. The van der Waals surface area contributed by atoms with Crippen molar-refractivity contribution in [2.75, 3.05) is 20.8 Å². The molecule has 5 heteroatoms. The molecule has 0 aliphatic carbocycles. The smallest absolute Gasteiger partial charge is 0.169 e. The lowest BCUT2D eigenvalue weighted by Gasteiger charge is -2.24. The predicted octanol–water partition coefficient (Wildman–Crippen LogP) is 1.90. The van der Waals surface area contributed by atoms with Crippen LogP contribution < -0.4 is 5.32 Å². The zero-order valence-corrected chi connectivity index (χ0v) is 12.3. The molecule has 0 amide bonds. The van der Waals surface area contributed by atoms with E-state index in [4.69, 9.17) is 22.2 Å². The lowest BCUT2D eigenvalue weighted by Crippen LogP contribution is -2.43. The Morgan fingerprint density at radius 2 is 2.32 bits per heavy atom. The Bertz CT molecular complexity index is 470. The van der Waals surface area contributed by atoms with Gasteiger partial charge in [-0.2, -0.15) is 5.26 Å². The highest BCUT2D eigenvalue weighted by Crippen LogP contribution is 2.07. The number of hydrogen-bond donors (Lipinski definition) is 1. The Balaban J connectivity index is 2.56. The number of hydrogen-bond acceptors (Lipinski definition) is 3. The van der Waals surface area contributed by atoms with E-state index in [0.29, 0.717) is 23.8 Å². The van der Waals surface area contributed by atoms with Crippen LogP contribution in [0.25, 0.3) is 0 Å². The first-order chi connectivity index (χ1) is 9.06. The molecule has 0 radical (unpaired) electrons. The highest BCUT2D eigenvalue weighted by atomic mass is 32.1. The first-order valence-corrected chi connectivity index (χ1v) is 6.47. The molecule has 1 unspecified atom stereocenters. The lowest BCUT2D eigenvalue weighted by molar-refractivity contribution is 0.178. The van der Waals surface area contributed by atoms with E-state index in [0.717, 1.165) is 5.56 Å². The standard InChI is InChI=1S/C14H19N3OS/c1-11(10-18-3)16-14(19)17(2)9-13-6-4-5-12(7-13)8-15/h4-7,11H,9-10H2,1-3H3,(H,16,19). The van der Waals surface area contributed by atoms with Crippen molar-refractivity contribution in [3.05, 3.63) is 35.4 Å². The van der Waals surface area contributed by atoms with E-state index < -0.39 is 0 Å². The summed E-state index contributed by atoms with van der Waals surface area (Å²) in [6, 6.07) is 9.84. The van der Waals surface area contributed by atoms with Crippen LogP contribution in [0, 0.1) is 11.3 Å². The Hall–Kier alpha value is -1.64. The van der Waals surface area contributed by atoms with Gasteiger partial charge in [0.05, 0.1) is 18.2 Å². The summed E-state index contributed by atoms with van der Waals surface area (Å²) in [5, 5.41) is 12.7. The summed E-state index contributed by atoms with van der Waals surface area (Å²) in [5.41, 5.74) is 1.72. The number of methoxy groups -OCH3 is 1. The molecule has 0 aromatic heterocycles. The monoisotopic (exact) mass is 277 g/mol. The molecule has 102 valence electrons. The Morgan fingerprint density at radius 3 is 2.95 bits per heavy atom. The number of ether oxygens (including phenoxy) is 1. The summed E-state index contributed by atoms with van der Waals surface area (Å²) < 4.78 is 5.06. The average molecular weight is 277 g/mol. The molecule has 1 aromatic rings. The summed E-state index contributed by atoms with van der Waals surface area (Å²) in [4.78, 5) is 1.94. The molecule has 4 nitrogen and oxygen atoms in total. The van der Waals surface area contributed by atoms with Crippen molar-refractivity contribution in [3.8, 4) is 6.07 Å². The Kier molecular flexibility index (Phi) is 6.26. The maximum absolute atomic E-state index is 8.87. The van der Waals surface area contributed by atoms with Gasteiger partial charge in [0.15, 0.2) is 5.11 Å². The molecule has 1 atom stereocenters. The highest BCUT2D eigenvalue weighted by molar-refractivity contribution is 7.80. The van der Waals surface area contributed by atoms with Gasteiger partial charge in [0, 0.05) is 26.7 Å². The van der Waals surface area contributed by atoms with E-state index in [2.05, 4.69) is 11.4 Å². The minimum atomic E-state index is 0.172. The third-order valence-corrected chi connectivity index (χ3v) is 3.04. The van der Waals surface area contributed by atoms with Crippen LogP contribution in [0.15, 0.2) is 24.3 Å². The lowest BCUT2D eigenvalue weighted by atomic mass is 10.1. The predicted molar refractivity (Wildman–Crippen MR) is 79.7 cm³/mol. The topological polar surface area (TPSA) is 48.3 Å². The van der Waals surface area contributed by atoms with Gasteiger partial charge in [-0.15, -0.1) is 0 Å². The van der Waals surface area contributed by atoms with Crippen LogP contribution in [-0.4, -0.2) is 36.8 Å². The molecule has 0 spiro atoms. The Labute approximate surface area is 120 Å². The number of nitriles is 1. The molecular weight excluding hydrogens is 258 g/mol. The van der Waals surface area contributed by atoms with Crippen LogP contribution in [0.4, 0.5) is 0 Å². The van der Waals surface area contributed by atoms with E-state index in [9.17, 15) is 0 Å². The fourth-order valence-corrected chi connectivity index (χ4v) is 1.96. The quantitative estimate of drug-likeness (QED) is 0.833. The minimum Gasteiger partial charge on any atom is -0.383 e. The maximum Gasteiger partial charge on any atom is 0.169 e. The van der Waals surface area contributed by atoms with Crippen LogP contribution in [0.1, 0.15) is 18.1 Å². The number of nitrogens with zero attached hydrogens (tertiary/aromatic N) is 2. The second-order valence-electron chi connectivity index (χ2n) is 4.47. The molecule has 0 aliphatic rings. The number of rotatable bonds is 5. The van der Waals surface area contributed by atoms with Crippen LogP contribution in [0.3, 0.4) is 0 Å².